The first-order chi connectivity index (χ1) is 12.6. The van der Waals surface area contributed by atoms with Crippen molar-refractivity contribution in [2.24, 2.45) is 22.7 Å². The van der Waals surface area contributed by atoms with E-state index < -0.39 is 9.84 Å². The summed E-state index contributed by atoms with van der Waals surface area (Å²) >= 11 is 0. The quantitative estimate of drug-likeness (QED) is 0.591. The van der Waals surface area contributed by atoms with Crippen molar-refractivity contribution >= 4 is 15.8 Å². The normalized spacial score (nSPS) is 35.5. The maximum atomic E-state index is 11.7. The molecule has 3 saturated heterocycles. The summed E-state index contributed by atoms with van der Waals surface area (Å²) in [4.78, 5) is 7.33. The zero-order chi connectivity index (χ0) is 18.0. The van der Waals surface area contributed by atoms with Crippen LogP contribution in [0.1, 0.15) is 44.9 Å². The third kappa shape index (κ3) is 4.53. The van der Waals surface area contributed by atoms with Crippen molar-refractivity contribution in [1.82, 2.24) is 10.2 Å². The van der Waals surface area contributed by atoms with Crippen LogP contribution in [0, 0.1) is 17.8 Å². The van der Waals surface area contributed by atoms with Crippen LogP contribution in [0.2, 0.25) is 0 Å². The van der Waals surface area contributed by atoms with Crippen molar-refractivity contribution < 1.29 is 13.2 Å². The number of hydrogen-bond donors (Lipinski definition) is 1. The second kappa shape index (κ2) is 8.05. The summed E-state index contributed by atoms with van der Waals surface area (Å²) in [6.07, 6.45) is 8.24. The minimum Gasteiger partial charge on any atom is -0.381 e. The SMILES string of the molecule is O=S1(=O)CCC(CN=C(NC2CCCC2)N2CCC(C3CCOC3)C2)C1. The van der Waals surface area contributed by atoms with Crippen LogP contribution in [-0.4, -0.2) is 69.7 Å². The van der Waals surface area contributed by atoms with Crippen molar-refractivity contribution in [2.45, 2.75) is 51.0 Å². The molecule has 0 amide bonds. The van der Waals surface area contributed by atoms with Crippen molar-refractivity contribution in [3.63, 3.8) is 0 Å². The van der Waals surface area contributed by atoms with Crippen molar-refractivity contribution in [3.05, 3.63) is 0 Å². The number of likely N-dealkylation sites (tertiary alicyclic amines) is 1. The predicted octanol–water partition coefficient (Wildman–Crippen LogP) is 1.67. The van der Waals surface area contributed by atoms with Crippen molar-refractivity contribution in [2.75, 3.05) is 44.4 Å². The van der Waals surface area contributed by atoms with Crippen LogP contribution in [-0.2, 0) is 14.6 Å². The topological polar surface area (TPSA) is 71.0 Å². The molecule has 3 heterocycles. The molecule has 3 unspecified atom stereocenters. The lowest BCUT2D eigenvalue weighted by Crippen LogP contribution is -2.45. The molecule has 0 aromatic carbocycles. The molecule has 0 radical (unpaired) electrons. The Kier molecular flexibility index (Phi) is 5.74. The van der Waals surface area contributed by atoms with Gasteiger partial charge in [-0.15, -0.1) is 0 Å². The Hall–Kier alpha value is -0.820. The van der Waals surface area contributed by atoms with Crippen LogP contribution in [0.3, 0.4) is 0 Å². The molecule has 4 fully saturated rings. The fourth-order valence-corrected chi connectivity index (χ4v) is 6.86. The molecule has 7 heteroatoms. The van der Waals surface area contributed by atoms with Crippen molar-refractivity contribution in [1.29, 1.82) is 0 Å². The maximum Gasteiger partial charge on any atom is 0.194 e. The van der Waals surface area contributed by atoms with E-state index in [0.29, 0.717) is 35.9 Å². The smallest absolute Gasteiger partial charge is 0.194 e. The average molecular weight is 384 g/mol. The predicted molar refractivity (Wildman–Crippen MR) is 103 cm³/mol. The highest BCUT2D eigenvalue weighted by molar-refractivity contribution is 7.91. The van der Waals surface area contributed by atoms with E-state index in [-0.39, 0.29) is 5.92 Å². The molecule has 0 aromatic rings. The first kappa shape index (κ1) is 18.5. The molecule has 0 aromatic heterocycles. The second-order valence-electron chi connectivity index (χ2n) is 8.68. The third-order valence-electron chi connectivity index (χ3n) is 6.67. The molecular formula is C19H33N3O3S. The molecule has 6 nitrogen and oxygen atoms in total. The van der Waals surface area contributed by atoms with E-state index in [2.05, 4.69) is 10.2 Å². The van der Waals surface area contributed by atoms with Crippen LogP contribution in [0.5, 0.6) is 0 Å². The summed E-state index contributed by atoms with van der Waals surface area (Å²) in [5, 5.41) is 3.71. The Balaban J connectivity index is 1.39. The van der Waals surface area contributed by atoms with Gasteiger partial charge in [-0.25, -0.2) is 8.42 Å². The Bertz CT molecular complexity index is 610. The van der Waals surface area contributed by atoms with Gasteiger partial charge in [-0.05, 0) is 49.9 Å². The molecule has 148 valence electrons. The summed E-state index contributed by atoms with van der Waals surface area (Å²) in [5.74, 6) is 3.29. The third-order valence-corrected chi connectivity index (χ3v) is 8.51. The molecule has 0 bridgehead atoms. The van der Waals surface area contributed by atoms with Gasteiger partial charge >= 0.3 is 0 Å². The second-order valence-corrected chi connectivity index (χ2v) is 10.9. The standard InChI is InChI=1S/C19H33N3O3S/c23-26(24)10-7-15(14-26)11-20-19(21-18-3-1-2-4-18)22-8-5-16(12-22)17-6-9-25-13-17/h15-18H,1-14H2,(H,20,21). The van der Waals surface area contributed by atoms with Gasteiger partial charge in [-0.1, -0.05) is 12.8 Å². The number of hydrogen-bond acceptors (Lipinski definition) is 4. The van der Waals surface area contributed by atoms with E-state index in [4.69, 9.17) is 9.73 Å². The largest absolute Gasteiger partial charge is 0.381 e. The minimum atomic E-state index is -2.82. The summed E-state index contributed by atoms with van der Waals surface area (Å²) < 4.78 is 29.0. The zero-order valence-electron chi connectivity index (χ0n) is 15.7. The number of sulfone groups is 1. The fraction of sp³-hybridized carbons (Fsp3) is 0.947. The summed E-state index contributed by atoms with van der Waals surface area (Å²) in [6.45, 7) is 4.60. The highest BCUT2D eigenvalue weighted by Gasteiger charge is 2.34. The lowest BCUT2D eigenvalue weighted by atomic mass is 9.91. The summed E-state index contributed by atoms with van der Waals surface area (Å²) in [6, 6.07) is 0.537. The number of ether oxygens (including phenoxy) is 1. The molecule has 4 aliphatic rings. The van der Waals surface area contributed by atoms with E-state index in [1.807, 2.05) is 0 Å². The number of aliphatic imine (C=N–C) groups is 1. The van der Waals surface area contributed by atoms with E-state index >= 15 is 0 Å². The van der Waals surface area contributed by atoms with Gasteiger partial charge in [0.25, 0.3) is 0 Å². The maximum absolute atomic E-state index is 11.7. The Morgan fingerprint density at radius 2 is 1.96 bits per heavy atom. The van der Waals surface area contributed by atoms with Crippen LogP contribution >= 0.6 is 0 Å². The Morgan fingerprint density at radius 1 is 1.12 bits per heavy atom. The van der Waals surface area contributed by atoms with Crippen molar-refractivity contribution in [3.8, 4) is 0 Å². The van der Waals surface area contributed by atoms with E-state index in [1.54, 1.807) is 0 Å². The molecule has 3 atom stereocenters. The highest BCUT2D eigenvalue weighted by atomic mass is 32.2. The first-order valence-electron chi connectivity index (χ1n) is 10.4. The van der Waals surface area contributed by atoms with E-state index in [1.165, 1.54) is 38.5 Å². The molecular weight excluding hydrogens is 350 g/mol. The van der Waals surface area contributed by atoms with Gasteiger partial charge in [0.2, 0.25) is 0 Å². The Labute approximate surface area is 157 Å². The van der Waals surface area contributed by atoms with Gasteiger partial charge in [0.15, 0.2) is 15.8 Å². The van der Waals surface area contributed by atoms with Crippen LogP contribution in [0.25, 0.3) is 0 Å². The summed E-state index contributed by atoms with van der Waals surface area (Å²) in [5.41, 5.74) is 0. The van der Waals surface area contributed by atoms with Crippen LogP contribution < -0.4 is 5.32 Å². The number of rotatable bonds is 4. The molecule has 26 heavy (non-hydrogen) atoms. The van der Waals surface area contributed by atoms with Gasteiger partial charge < -0.3 is 15.0 Å². The van der Waals surface area contributed by atoms with Gasteiger partial charge in [0, 0.05) is 38.9 Å². The number of nitrogens with zero attached hydrogens (tertiary/aromatic N) is 2. The Morgan fingerprint density at radius 3 is 2.65 bits per heavy atom. The van der Waals surface area contributed by atoms with Gasteiger partial charge in [0.1, 0.15) is 0 Å². The van der Waals surface area contributed by atoms with Gasteiger partial charge in [-0.2, -0.15) is 0 Å². The molecule has 1 aliphatic carbocycles. The molecule has 4 rings (SSSR count). The molecule has 3 aliphatic heterocycles. The highest BCUT2D eigenvalue weighted by Crippen LogP contribution is 2.30. The molecule has 1 saturated carbocycles. The lowest BCUT2D eigenvalue weighted by Gasteiger charge is -2.26. The number of nitrogens with one attached hydrogen (secondary N) is 1. The minimum absolute atomic E-state index is 0.196. The average Bonchev–Trinajstić information content (AvgIpc) is 3.37. The zero-order valence-corrected chi connectivity index (χ0v) is 16.6. The van der Waals surface area contributed by atoms with Gasteiger partial charge in [0.05, 0.1) is 11.5 Å². The van der Waals surface area contributed by atoms with Crippen LogP contribution in [0.4, 0.5) is 0 Å². The van der Waals surface area contributed by atoms with E-state index in [0.717, 1.165) is 38.7 Å². The summed E-state index contributed by atoms with van der Waals surface area (Å²) in [7, 11) is -2.82. The molecule has 1 N–H and O–H groups in total. The number of guanidine groups is 1. The fourth-order valence-electron chi connectivity index (χ4n) is 5.01. The van der Waals surface area contributed by atoms with Gasteiger partial charge in [-0.3, -0.25) is 4.99 Å². The van der Waals surface area contributed by atoms with Crippen LogP contribution in [0.15, 0.2) is 4.99 Å². The van der Waals surface area contributed by atoms with E-state index in [9.17, 15) is 8.42 Å². The monoisotopic (exact) mass is 383 g/mol. The lowest BCUT2D eigenvalue weighted by molar-refractivity contribution is 0.173. The first-order valence-corrected chi connectivity index (χ1v) is 12.3. The molecule has 0 spiro atoms.